The minimum Gasteiger partial charge on any atom is -0.496 e. The maximum absolute atomic E-state index is 12.4. The molecule has 0 bridgehead atoms. The number of aryl methyl sites for hydroxylation is 1. The summed E-state index contributed by atoms with van der Waals surface area (Å²) < 4.78 is 5.41. The molecule has 3 rings (SSSR count). The number of amides is 1. The number of likely N-dealkylation sites (N-methyl/N-ethyl adjacent to an activating group) is 1. The van der Waals surface area contributed by atoms with Crippen LogP contribution in [-0.2, 0) is 4.79 Å². The highest BCUT2D eigenvalue weighted by Gasteiger charge is 2.37. The van der Waals surface area contributed by atoms with Gasteiger partial charge in [-0.2, -0.15) is 0 Å². The fraction of sp³-hybridized carbons (Fsp3) is 0.400. The summed E-state index contributed by atoms with van der Waals surface area (Å²) in [7, 11) is 3.48. The summed E-state index contributed by atoms with van der Waals surface area (Å²) in [5.74, 6) is 0.672. The Morgan fingerprint density at radius 1 is 1.29 bits per heavy atom. The van der Waals surface area contributed by atoms with E-state index in [9.17, 15) is 4.79 Å². The van der Waals surface area contributed by atoms with Crippen molar-refractivity contribution in [1.29, 1.82) is 0 Å². The van der Waals surface area contributed by atoms with Gasteiger partial charge in [-0.3, -0.25) is 4.79 Å². The Balaban J connectivity index is 1.98. The van der Waals surface area contributed by atoms with Crippen molar-refractivity contribution in [1.82, 2.24) is 21.1 Å². The molecule has 2 aliphatic heterocycles. The second-order valence-electron chi connectivity index (χ2n) is 5.47. The molecule has 112 valence electrons. The Bertz CT molecular complexity index is 626. The fourth-order valence-corrected chi connectivity index (χ4v) is 2.90. The lowest BCUT2D eigenvalue weighted by molar-refractivity contribution is -0.120. The van der Waals surface area contributed by atoms with Crippen molar-refractivity contribution in [3.63, 3.8) is 0 Å². The first-order chi connectivity index (χ1) is 10.0. The third-order valence-corrected chi connectivity index (χ3v) is 3.90. The first-order valence-corrected chi connectivity index (χ1v) is 6.97. The zero-order chi connectivity index (χ0) is 15.1. The van der Waals surface area contributed by atoms with Crippen LogP contribution < -0.4 is 20.8 Å². The van der Waals surface area contributed by atoms with E-state index in [1.54, 1.807) is 12.1 Å². The Kier molecular flexibility index (Phi) is 3.25. The molecule has 6 nitrogen and oxygen atoms in total. The van der Waals surface area contributed by atoms with Crippen LogP contribution in [0.4, 0.5) is 0 Å². The summed E-state index contributed by atoms with van der Waals surface area (Å²) in [6.07, 6.45) is -0.290. The van der Waals surface area contributed by atoms with Gasteiger partial charge < -0.3 is 20.4 Å². The average molecular weight is 288 g/mol. The second kappa shape index (κ2) is 4.96. The van der Waals surface area contributed by atoms with Gasteiger partial charge in [-0.25, -0.2) is 5.43 Å². The van der Waals surface area contributed by atoms with Crippen molar-refractivity contribution in [2.45, 2.75) is 26.1 Å². The topological polar surface area (TPSA) is 65.6 Å². The molecule has 0 aromatic heterocycles. The Morgan fingerprint density at radius 3 is 2.76 bits per heavy atom. The van der Waals surface area contributed by atoms with E-state index in [0.717, 1.165) is 22.6 Å². The molecule has 0 saturated carbocycles. The Hall–Kier alpha value is -2.21. The lowest BCUT2D eigenvalue weighted by Gasteiger charge is -2.30. The average Bonchev–Trinajstić information content (AvgIpc) is 2.74. The van der Waals surface area contributed by atoms with E-state index in [1.807, 2.05) is 39.1 Å². The van der Waals surface area contributed by atoms with Crippen LogP contribution >= 0.6 is 0 Å². The number of ether oxygens (including phenoxy) is 1. The van der Waals surface area contributed by atoms with Crippen LogP contribution in [0.5, 0.6) is 5.75 Å². The van der Waals surface area contributed by atoms with Crippen LogP contribution in [0.25, 0.3) is 0 Å². The quantitative estimate of drug-likeness (QED) is 0.750. The van der Waals surface area contributed by atoms with E-state index in [0.29, 0.717) is 5.70 Å². The number of nitrogens with one attached hydrogen (secondary N) is 3. The number of benzene rings is 1. The molecule has 0 aliphatic carbocycles. The SMILES string of the molecule is COc1ccc(C)cc1C1NC(=O)C2=C(N1)C(C)NN2C. The first-order valence-electron chi connectivity index (χ1n) is 6.97. The van der Waals surface area contributed by atoms with Crippen molar-refractivity contribution in [3.05, 3.63) is 40.7 Å². The number of methoxy groups -OCH3 is 1. The van der Waals surface area contributed by atoms with Crippen molar-refractivity contribution in [2.24, 2.45) is 0 Å². The molecule has 3 N–H and O–H groups in total. The molecular weight excluding hydrogens is 268 g/mol. The van der Waals surface area contributed by atoms with E-state index in [1.165, 1.54) is 0 Å². The maximum atomic E-state index is 12.4. The summed E-state index contributed by atoms with van der Waals surface area (Å²) in [5.41, 5.74) is 6.81. The van der Waals surface area contributed by atoms with E-state index in [4.69, 9.17) is 4.74 Å². The van der Waals surface area contributed by atoms with Gasteiger partial charge in [-0.05, 0) is 26.0 Å². The van der Waals surface area contributed by atoms with Crippen molar-refractivity contribution in [3.8, 4) is 5.75 Å². The van der Waals surface area contributed by atoms with Crippen molar-refractivity contribution < 1.29 is 9.53 Å². The largest absolute Gasteiger partial charge is 0.496 e. The third-order valence-electron chi connectivity index (χ3n) is 3.90. The monoisotopic (exact) mass is 288 g/mol. The molecule has 0 spiro atoms. The molecule has 1 aromatic rings. The standard InChI is InChI=1S/C15H20N4O2/c1-8-5-6-11(21-4)10(7-8)14-16-12-9(2)18-19(3)13(12)15(20)17-14/h5-7,9,14,16,18H,1-4H3,(H,17,20). The summed E-state index contributed by atoms with van der Waals surface area (Å²) in [4.78, 5) is 12.4. The highest BCUT2D eigenvalue weighted by molar-refractivity contribution is 5.95. The highest BCUT2D eigenvalue weighted by atomic mass is 16.5. The number of hydrogen-bond acceptors (Lipinski definition) is 5. The van der Waals surface area contributed by atoms with Gasteiger partial charge in [0.05, 0.1) is 18.8 Å². The molecule has 1 aromatic carbocycles. The third kappa shape index (κ3) is 2.21. The van der Waals surface area contributed by atoms with Crippen LogP contribution in [0, 0.1) is 6.92 Å². The van der Waals surface area contributed by atoms with Crippen LogP contribution in [0.15, 0.2) is 29.6 Å². The van der Waals surface area contributed by atoms with E-state index >= 15 is 0 Å². The van der Waals surface area contributed by atoms with Gasteiger partial charge in [-0.1, -0.05) is 11.6 Å². The zero-order valence-electron chi connectivity index (χ0n) is 12.7. The first kappa shape index (κ1) is 13.8. The zero-order valence-corrected chi connectivity index (χ0v) is 12.7. The molecule has 1 amide bonds. The number of hydrazine groups is 1. The van der Waals surface area contributed by atoms with E-state index in [2.05, 4.69) is 16.1 Å². The van der Waals surface area contributed by atoms with Gasteiger partial charge in [0.2, 0.25) is 0 Å². The normalized spacial score (nSPS) is 24.6. The van der Waals surface area contributed by atoms with Crippen LogP contribution in [0.1, 0.15) is 24.2 Å². The van der Waals surface area contributed by atoms with Crippen LogP contribution in [-0.4, -0.2) is 31.1 Å². The molecule has 2 heterocycles. The predicted octanol–water partition coefficient (Wildman–Crippen LogP) is 0.772. The maximum Gasteiger partial charge on any atom is 0.272 e. The van der Waals surface area contributed by atoms with Gasteiger partial charge in [0.1, 0.15) is 17.6 Å². The smallest absolute Gasteiger partial charge is 0.272 e. The van der Waals surface area contributed by atoms with Crippen molar-refractivity contribution in [2.75, 3.05) is 14.2 Å². The summed E-state index contributed by atoms with van der Waals surface area (Å²) in [6, 6.07) is 6.02. The van der Waals surface area contributed by atoms with Gasteiger partial charge >= 0.3 is 0 Å². The van der Waals surface area contributed by atoms with Gasteiger partial charge in [0, 0.05) is 12.6 Å². The molecule has 2 aliphatic rings. The van der Waals surface area contributed by atoms with Crippen LogP contribution in [0.2, 0.25) is 0 Å². The van der Waals surface area contributed by atoms with Gasteiger partial charge in [0.25, 0.3) is 5.91 Å². The molecule has 21 heavy (non-hydrogen) atoms. The minimum atomic E-state index is -0.290. The molecule has 0 radical (unpaired) electrons. The summed E-state index contributed by atoms with van der Waals surface area (Å²) in [5, 5.41) is 8.15. The molecular formula is C15H20N4O2. The number of rotatable bonds is 2. The van der Waals surface area contributed by atoms with Crippen LogP contribution in [0.3, 0.4) is 0 Å². The van der Waals surface area contributed by atoms with Crippen molar-refractivity contribution >= 4 is 5.91 Å². The molecule has 0 fully saturated rings. The second-order valence-corrected chi connectivity index (χ2v) is 5.47. The van der Waals surface area contributed by atoms with Gasteiger partial charge in [0.15, 0.2) is 0 Å². The fourth-order valence-electron chi connectivity index (χ4n) is 2.90. The summed E-state index contributed by atoms with van der Waals surface area (Å²) in [6.45, 7) is 4.04. The number of carbonyl (C=O) groups excluding carboxylic acids is 1. The van der Waals surface area contributed by atoms with E-state index < -0.39 is 0 Å². The number of carbonyl (C=O) groups is 1. The minimum absolute atomic E-state index is 0.0781. The number of hydrogen-bond donors (Lipinski definition) is 3. The highest BCUT2D eigenvalue weighted by Crippen LogP contribution is 2.30. The molecule has 2 unspecified atom stereocenters. The predicted molar refractivity (Wildman–Crippen MR) is 79.1 cm³/mol. The lowest BCUT2D eigenvalue weighted by Crippen LogP contribution is -2.46. The molecule has 0 saturated heterocycles. The summed E-state index contributed by atoms with van der Waals surface area (Å²) >= 11 is 0. The van der Waals surface area contributed by atoms with Gasteiger partial charge in [-0.15, -0.1) is 0 Å². The lowest BCUT2D eigenvalue weighted by atomic mass is 10.0. The Labute approximate surface area is 124 Å². The number of nitrogens with zero attached hydrogens (tertiary/aromatic N) is 1. The molecule has 6 heteroatoms. The Morgan fingerprint density at radius 2 is 2.05 bits per heavy atom. The van der Waals surface area contributed by atoms with E-state index in [-0.39, 0.29) is 18.1 Å². The molecule has 2 atom stereocenters.